The number of rotatable bonds is 3. The first-order valence-corrected chi connectivity index (χ1v) is 8.19. The number of thiazole rings is 1. The van der Waals surface area contributed by atoms with Gasteiger partial charge in [-0.1, -0.05) is 23.2 Å². The summed E-state index contributed by atoms with van der Waals surface area (Å²) in [7, 11) is 0. The average molecular weight is 470 g/mol. The molecule has 1 heterocycles. The van der Waals surface area contributed by atoms with E-state index in [0.717, 1.165) is 0 Å². The molecule has 0 saturated carbocycles. The number of halogens is 8. The number of alkyl halides is 5. The van der Waals surface area contributed by atoms with Crippen LogP contribution in [0.15, 0.2) is 16.0 Å². The smallest absolute Gasteiger partial charge is 0.319 e. The van der Waals surface area contributed by atoms with Gasteiger partial charge in [-0.05, 0) is 28.1 Å². The summed E-state index contributed by atoms with van der Waals surface area (Å²) in [4.78, 5) is 15.2. The van der Waals surface area contributed by atoms with Gasteiger partial charge in [0.15, 0.2) is 3.92 Å². The number of anilines is 1. The molecule has 3 nitrogen and oxygen atoms in total. The largest absolute Gasteiger partial charge is 0.416 e. The van der Waals surface area contributed by atoms with E-state index in [9.17, 15) is 26.7 Å². The molecular formula is C12H4BrCl2F5N2OS. The second-order valence-corrected chi connectivity index (χ2v) is 7.34. The van der Waals surface area contributed by atoms with Crippen molar-refractivity contribution < 1.29 is 26.7 Å². The van der Waals surface area contributed by atoms with Crippen LogP contribution in [0.4, 0.5) is 27.6 Å². The molecule has 2 rings (SSSR count). The molecule has 0 unspecified atom stereocenters. The molecule has 0 atom stereocenters. The third-order valence-electron chi connectivity index (χ3n) is 2.65. The normalized spacial score (nSPS) is 11.9. The number of carbonyl (C=O) groups is 1. The minimum Gasteiger partial charge on any atom is -0.319 e. The molecule has 0 bridgehead atoms. The third kappa shape index (κ3) is 4.16. The molecule has 1 aromatic carbocycles. The molecule has 0 aliphatic carbocycles. The van der Waals surface area contributed by atoms with Gasteiger partial charge < -0.3 is 5.32 Å². The molecule has 0 spiro atoms. The predicted octanol–water partition coefficient (Wildman–Crippen LogP) is 6.42. The van der Waals surface area contributed by atoms with Crippen molar-refractivity contribution in [3.63, 3.8) is 0 Å². The van der Waals surface area contributed by atoms with Gasteiger partial charge in [-0.3, -0.25) is 4.79 Å². The SMILES string of the molecule is O=C(Nc1c(Cl)cc(C(F)(F)F)cc1Cl)c1sc(Br)nc1C(F)F. The van der Waals surface area contributed by atoms with Crippen LogP contribution in [0.3, 0.4) is 0 Å². The van der Waals surface area contributed by atoms with Crippen LogP contribution in [0.2, 0.25) is 10.0 Å². The first-order chi connectivity index (χ1) is 11.0. The van der Waals surface area contributed by atoms with E-state index in [1.54, 1.807) is 0 Å². The second-order valence-electron chi connectivity index (χ2n) is 4.25. The highest BCUT2D eigenvalue weighted by Crippen LogP contribution is 2.39. The molecule has 24 heavy (non-hydrogen) atoms. The van der Waals surface area contributed by atoms with Gasteiger partial charge >= 0.3 is 6.18 Å². The van der Waals surface area contributed by atoms with Gasteiger partial charge in [-0.15, -0.1) is 11.3 Å². The lowest BCUT2D eigenvalue weighted by Gasteiger charge is -2.13. The van der Waals surface area contributed by atoms with Gasteiger partial charge in [-0.2, -0.15) is 13.2 Å². The Labute approximate surface area is 153 Å². The Balaban J connectivity index is 2.37. The van der Waals surface area contributed by atoms with Crippen molar-refractivity contribution in [1.82, 2.24) is 4.98 Å². The summed E-state index contributed by atoms with van der Waals surface area (Å²) in [5.74, 6) is -1.02. The molecule has 1 amide bonds. The Morgan fingerprint density at radius 2 is 1.79 bits per heavy atom. The van der Waals surface area contributed by atoms with Crippen molar-refractivity contribution in [3.8, 4) is 0 Å². The predicted molar refractivity (Wildman–Crippen MR) is 84.2 cm³/mol. The average Bonchev–Trinajstić information content (AvgIpc) is 2.83. The van der Waals surface area contributed by atoms with Crippen LogP contribution in [0.1, 0.15) is 27.4 Å². The van der Waals surface area contributed by atoms with Crippen LogP contribution in [0.25, 0.3) is 0 Å². The molecule has 12 heteroatoms. The zero-order valence-corrected chi connectivity index (χ0v) is 14.9. The molecule has 0 aliphatic heterocycles. The van der Waals surface area contributed by atoms with Crippen molar-refractivity contribution in [2.75, 3.05) is 5.32 Å². The Morgan fingerprint density at radius 1 is 1.25 bits per heavy atom. The van der Waals surface area contributed by atoms with Crippen LogP contribution in [-0.2, 0) is 6.18 Å². The van der Waals surface area contributed by atoms with Crippen LogP contribution < -0.4 is 5.32 Å². The molecule has 1 aromatic heterocycles. The van der Waals surface area contributed by atoms with E-state index < -0.39 is 44.7 Å². The van der Waals surface area contributed by atoms with Crippen LogP contribution in [0.5, 0.6) is 0 Å². The van der Waals surface area contributed by atoms with E-state index in [-0.39, 0.29) is 9.60 Å². The van der Waals surface area contributed by atoms with E-state index in [1.807, 2.05) is 0 Å². The van der Waals surface area contributed by atoms with E-state index in [1.165, 1.54) is 0 Å². The lowest BCUT2D eigenvalue weighted by molar-refractivity contribution is -0.137. The number of nitrogens with zero attached hydrogens (tertiary/aromatic N) is 1. The zero-order chi connectivity index (χ0) is 18.2. The highest BCUT2D eigenvalue weighted by Gasteiger charge is 2.32. The minimum absolute atomic E-state index is 0.0487. The standard InChI is InChI=1S/C12H4BrCl2F5N2OS/c13-11-22-7(9(16)17)8(24-11)10(23)21-6-4(14)1-3(2-5(6)15)12(18,19)20/h1-2,9H,(H,21,23). The summed E-state index contributed by atoms with van der Waals surface area (Å²) in [6.45, 7) is 0. The number of amides is 1. The number of hydrogen-bond donors (Lipinski definition) is 1. The first-order valence-electron chi connectivity index (χ1n) is 5.82. The summed E-state index contributed by atoms with van der Waals surface area (Å²) in [5, 5.41) is 1.17. The van der Waals surface area contributed by atoms with Gasteiger partial charge in [0.05, 0.1) is 21.3 Å². The van der Waals surface area contributed by atoms with Crippen molar-refractivity contribution in [1.29, 1.82) is 0 Å². The zero-order valence-electron chi connectivity index (χ0n) is 11.0. The summed E-state index contributed by atoms with van der Waals surface area (Å²) in [6.07, 6.45) is -7.69. The maximum Gasteiger partial charge on any atom is 0.416 e. The fourth-order valence-electron chi connectivity index (χ4n) is 1.64. The van der Waals surface area contributed by atoms with E-state index >= 15 is 0 Å². The maximum absolute atomic E-state index is 12.8. The van der Waals surface area contributed by atoms with Crippen molar-refractivity contribution in [3.05, 3.63) is 42.2 Å². The van der Waals surface area contributed by atoms with Crippen molar-refractivity contribution >= 4 is 62.1 Å². The summed E-state index contributed by atoms with van der Waals surface area (Å²) >= 11 is 14.9. The first kappa shape index (κ1) is 19.4. The minimum atomic E-state index is -4.68. The maximum atomic E-state index is 12.8. The summed E-state index contributed by atoms with van der Waals surface area (Å²) < 4.78 is 63.7. The number of carbonyl (C=O) groups excluding carboxylic acids is 1. The Morgan fingerprint density at radius 3 is 2.25 bits per heavy atom. The summed E-state index contributed by atoms with van der Waals surface area (Å²) in [6, 6.07) is 1.14. The van der Waals surface area contributed by atoms with Crippen molar-refractivity contribution in [2.24, 2.45) is 0 Å². The van der Waals surface area contributed by atoms with E-state index in [0.29, 0.717) is 23.5 Å². The highest BCUT2D eigenvalue weighted by molar-refractivity contribution is 9.11. The number of benzene rings is 1. The number of hydrogen-bond acceptors (Lipinski definition) is 3. The molecule has 2 aromatic rings. The van der Waals surface area contributed by atoms with Crippen LogP contribution in [-0.4, -0.2) is 10.9 Å². The molecule has 0 saturated heterocycles. The Bertz CT molecular complexity index is 773. The Hall–Kier alpha value is -0.970. The van der Waals surface area contributed by atoms with Crippen LogP contribution in [0, 0.1) is 0 Å². The molecule has 0 fully saturated rings. The highest BCUT2D eigenvalue weighted by atomic mass is 79.9. The van der Waals surface area contributed by atoms with E-state index in [2.05, 4.69) is 26.2 Å². The fraction of sp³-hybridized carbons (Fsp3) is 0.167. The number of nitrogens with one attached hydrogen (secondary N) is 1. The molecule has 0 aliphatic rings. The third-order valence-corrected chi connectivity index (χ3v) is 4.77. The Kier molecular flexibility index (Phi) is 5.73. The molecule has 0 radical (unpaired) electrons. The summed E-state index contributed by atoms with van der Waals surface area (Å²) in [5.41, 5.74) is -2.19. The van der Waals surface area contributed by atoms with Gasteiger partial charge in [0.1, 0.15) is 10.6 Å². The molecule has 130 valence electrons. The number of aromatic nitrogens is 1. The quantitative estimate of drug-likeness (QED) is 0.527. The topological polar surface area (TPSA) is 42.0 Å². The van der Waals surface area contributed by atoms with Crippen molar-refractivity contribution in [2.45, 2.75) is 12.6 Å². The van der Waals surface area contributed by atoms with Gasteiger partial charge in [0.2, 0.25) is 0 Å². The lowest BCUT2D eigenvalue weighted by atomic mass is 10.2. The fourth-order valence-corrected chi connectivity index (χ4v) is 3.60. The van der Waals surface area contributed by atoms with Gasteiger partial charge in [0.25, 0.3) is 12.3 Å². The molecule has 1 N–H and O–H groups in total. The van der Waals surface area contributed by atoms with Gasteiger partial charge in [-0.25, -0.2) is 13.8 Å². The molecular weight excluding hydrogens is 466 g/mol. The second kappa shape index (κ2) is 7.11. The monoisotopic (exact) mass is 468 g/mol. The van der Waals surface area contributed by atoms with Gasteiger partial charge in [0, 0.05) is 0 Å². The van der Waals surface area contributed by atoms with E-state index in [4.69, 9.17) is 23.2 Å². The van der Waals surface area contributed by atoms with Crippen LogP contribution >= 0.6 is 50.5 Å². The lowest BCUT2D eigenvalue weighted by Crippen LogP contribution is -2.14.